The highest BCUT2D eigenvalue weighted by Gasteiger charge is 2.34. The summed E-state index contributed by atoms with van der Waals surface area (Å²) >= 11 is 12.2. The molecule has 1 aliphatic heterocycles. The highest BCUT2D eigenvalue weighted by atomic mass is 35.5. The Morgan fingerprint density at radius 1 is 1.00 bits per heavy atom. The molecular formula is C28H21Cl2N3O4. The van der Waals surface area contributed by atoms with E-state index in [1.54, 1.807) is 36.4 Å². The SMILES string of the molecule is COC(=O)c1cccc(Cn2cc(/C=C3\NC(=O)N(Cc4ccc(Cl)cc4Cl)C3=O)c3ccccc32)c1. The second-order valence-corrected chi connectivity index (χ2v) is 9.38. The third kappa shape index (κ3) is 4.96. The molecule has 5 rings (SSSR count). The minimum Gasteiger partial charge on any atom is -0.465 e. The number of rotatable bonds is 6. The molecule has 37 heavy (non-hydrogen) atoms. The van der Waals surface area contributed by atoms with Gasteiger partial charge in [0, 0.05) is 39.3 Å². The van der Waals surface area contributed by atoms with E-state index in [0.717, 1.165) is 26.9 Å². The van der Waals surface area contributed by atoms with Gasteiger partial charge in [-0.2, -0.15) is 0 Å². The average Bonchev–Trinajstić information content (AvgIpc) is 3.36. The lowest BCUT2D eigenvalue weighted by molar-refractivity contribution is -0.123. The van der Waals surface area contributed by atoms with Crippen molar-refractivity contribution >= 4 is 58.1 Å². The standard InChI is InChI=1S/C28H21Cl2N3O4/c1-37-27(35)18-6-4-5-17(11-18)14-32-15-20(22-7-2-3-8-25(22)32)12-24-26(34)33(28(36)31-24)16-19-9-10-21(29)13-23(19)30/h2-13,15H,14,16H2,1H3,(H,31,36)/b24-12-. The minimum absolute atomic E-state index is 0.0241. The average molecular weight is 534 g/mol. The molecule has 4 aromatic rings. The Bertz CT molecular complexity index is 1590. The number of aromatic nitrogens is 1. The first-order valence-electron chi connectivity index (χ1n) is 11.4. The van der Waals surface area contributed by atoms with E-state index in [9.17, 15) is 14.4 Å². The zero-order chi connectivity index (χ0) is 26.1. The van der Waals surface area contributed by atoms with Crippen molar-refractivity contribution in [1.29, 1.82) is 0 Å². The van der Waals surface area contributed by atoms with E-state index < -0.39 is 17.9 Å². The summed E-state index contributed by atoms with van der Waals surface area (Å²) in [6.45, 7) is 0.520. The van der Waals surface area contributed by atoms with Crippen molar-refractivity contribution in [3.63, 3.8) is 0 Å². The molecule has 3 amide bonds. The maximum atomic E-state index is 13.1. The molecule has 0 bridgehead atoms. The summed E-state index contributed by atoms with van der Waals surface area (Å²) in [5.74, 6) is -0.844. The number of carbonyl (C=O) groups is 3. The lowest BCUT2D eigenvalue weighted by Gasteiger charge is -2.13. The van der Waals surface area contributed by atoms with E-state index in [4.69, 9.17) is 27.9 Å². The zero-order valence-corrected chi connectivity index (χ0v) is 21.2. The zero-order valence-electron chi connectivity index (χ0n) is 19.7. The third-order valence-electron chi connectivity index (χ3n) is 6.13. The van der Waals surface area contributed by atoms with Crippen LogP contribution in [0, 0.1) is 0 Å². The van der Waals surface area contributed by atoms with Gasteiger partial charge < -0.3 is 14.6 Å². The van der Waals surface area contributed by atoms with Gasteiger partial charge in [-0.3, -0.25) is 9.69 Å². The number of urea groups is 1. The van der Waals surface area contributed by atoms with Gasteiger partial charge in [-0.05, 0) is 47.5 Å². The Hall–Kier alpha value is -4.07. The van der Waals surface area contributed by atoms with Crippen LogP contribution >= 0.6 is 23.2 Å². The molecule has 0 spiro atoms. The van der Waals surface area contributed by atoms with Crippen LogP contribution in [0.5, 0.6) is 0 Å². The summed E-state index contributed by atoms with van der Waals surface area (Å²) in [6, 6.07) is 19.4. The number of hydrogen-bond acceptors (Lipinski definition) is 4. The molecule has 0 unspecified atom stereocenters. The molecule has 1 aliphatic rings. The van der Waals surface area contributed by atoms with Crippen LogP contribution in [0.25, 0.3) is 17.0 Å². The van der Waals surface area contributed by atoms with E-state index in [1.807, 2.05) is 47.2 Å². The van der Waals surface area contributed by atoms with Crippen LogP contribution in [-0.4, -0.2) is 34.5 Å². The van der Waals surface area contributed by atoms with E-state index >= 15 is 0 Å². The van der Waals surface area contributed by atoms with Crippen LogP contribution < -0.4 is 5.32 Å². The van der Waals surface area contributed by atoms with Crippen molar-refractivity contribution in [2.45, 2.75) is 13.1 Å². The van der Waals surface area contributed by atoms with Crippen LogP contribution in [0.3, 0.4) is 0 Å². The van der Waals surface area contributed by atoms with Crippen molar-refractivity contribution in [3.05, 3.63) is 111 Å². The van der Waals surface area contributed by atoms with Crippen LogP contribution in [-0.2, 0) is 22.6 Å². The number of benzene rings is 3. The summed E-state index contributed by atoms with van der Waals surface area (Å²) < 4.78 is 6.86. The molecule has 0 saturated carbocycles. The topological polar surface area (TPSA) is 80.6 Å². The highest BCUT2D eigenvalue weighted by molar-refractivity contribution is 6.35. The number of fused-ring (bicyclic) bond motifs is 1. The van der Waals surface area contributed by atoms with Crippen LogP contribution in [0.2, 0.25) is 10.0 Å². The van der Waals surface area contributed by atoms with Gasteiger partial charge in [0.25, 0.3) is 5.91 Å². The lowest BCUT2D eigenvalue weighted by Crippen LogP contribution is -2.30. The number of carbonyl (C=O) groups excluding carboxylic acids is 3. The highest BCUT2D eigenvalue weighted by Crippen LogP contribution is 2.27. The Balaban J connectivity index is 1.45. The first-order valence-corrected chi connectivity index (χ1v) is 12.1. The molecule has 186 valence electrons. The van der Waals surface area contributed by atoms with Gasteiger partial charge in [-0.15, -0.1) is 0 Å². The van der Waals surface area contributed by atoms with Crippen molar-refractivity contribution in [2.75, 3.05) is 7.11 Å². The fourth-order valence-corrected chi connectivity index (χ4v) is 4.79. The number of esters is 1. The van der Waals surface area contributed by atoms with Gasteiger partial charge in [0.15, 0.2) is 0 Å². The normalized spacial score (nSPS) is 14.5. The fourth-order valence-electron chi connectivity index (χ4n) is 4.32. The number of para-hydroxylation sites is 1. The van der Waals surface area contributed by atoms with Gasteiger partial charge in [-0.25, -0.2) is 9.59 Å². The Morgan fingerprint density at radius 3 is 2.59 bits per heavy atom. The molecule has 3 aromatic carbocycles. The van der Waals surface area contributed by atoms with E-state index in [2.05, 4.69) is 5.32 Å². The predicted molar refractivity (Wildman–Crippen MR) is 142 cm³/mol. The number of nitrogens with zero attached hydrogens (tertiary/aromatic N) is 2. The number of nitrogens with one attached hydrogen (secondary N) is 1. The number of amides is 3. The van der Waals surface area contributed by atoms with Crippen molar-refractivity contribution in [1.82, 2.24) is 14.8 Å². The van der Waals surface area contributed by atoms with Crippen molar-refractivity contribution in [2.24, 2.45) is 0 Å². The second kappa shape index (κ2) is 10.1. The maximum absolute atomic E-state index is 13.1. The van der Waals surface area contributed by atoms with E-state index in [0.29, 0.717) is 27.7 Å². The molecule has 0 atom stereocenters. The third-order valence-corrected chi connectivity index (χ3v) is 6.71. The summed E-state index contributed by atoms with van der Waals surface area (Å²) in [5.41, 5.74) is 3.89. The first kappa shape index (κ1) is 24.6. The van der Waals surface area contributed by atoms with Crippen molar-refractivity contribution < 1.29 is 19.1 Å². The molecule has 0 radical (unpaired) electrons. The smallest absolute Gasteiger partial charge is 0.337 e. The Kier molecular flexibility index (Phi) is 6.74. The summed E-state index contributed by atoms with van der Waals surface area (Å²) in [6.07, 6.45) is 3.59. The lowest BCUT2D eigenvalue weighted by atomic mass is 10.1. The van der Waals surface area contributed by atoms with Crippen molar-refractivity contribution in [3.8, 4) is 0 Å². The largest absolute Gasteiger partial charge is 0.465 e. The monoisotopic (exact) mass is 533 g/mol. The molecule has 1 saturated heterocycles. The molecule has 2 heterocycles. The Labute approximate surface area is 222 Å². The summed E-state index contributed by atoms with van der Waals surface area (Å²) in [5, 5.41) is 4.44. The molecule has 9 heteroatoms. The molecule has 0 aliphatic carbocycles. The van der Waals surface area contributed by atoms with Gasteiger partial charge in [-0.1, -0.05) is 59.6 Å². The number of imide groups is 1. The molecule has 7 nitrogen and oxygen atoms in total. The van der Waals surface area contributed by atoms with E-state index in [1.165, 1.54) is 7.11 Å². The molecule has 1 aromatic heterocycles. The molecular weight excluding hydrogens is 513 g/mol. The summed E-state index contributed by atoms with van der Waals surface area (Å²) in [7, 11) is 1.35. The number of hydrogen-bond donors (Lipinski definition) is 1. The van der Waals surface area contributed by atoms with E-state index in [-0.39, 0.29) is 12.2 Å². The molecule has 1 N–H and O–H groups in total. The van der Waals surface area contributed by atoms with Gasteiger partial charge >= 0.3 is 12.0 Å². The van der Waals surface area contributed by atoms with Gasteiger partial charge in [0.1, 0.15) is 5.70 Å². The first-order chi connectivity index (χ1) is 17.8. The van der Waals surface area contributed by atoms with Crippen LogP contribution in [0.1, 0.15) is 27.0 Å². The quantitative estimate of drug-likeness (QED) is 0.191. The fraction of sp³-hybridized carbons (Fsp3) is 0.107. The van der Waals surface area contributed by atoms with Gasteiger partial charge in [0.05, 0.1) is 19.2 Å². The number of ether oxygens (including phenoxy) is 1. The molecule has 1 fully saturated rings. The predicted octanol–water partition coefficient (Wildman–Crippen LogP) is 5.88. The Morgan fingerprint density at radius 2 is 1.81 bits per heavy atom. The maximum Gasteiger partial charge on any atom is 0.337 e. The minimum atomic E-state index is -0.523. The number of methoxy groups -OCH3 is 1. The second-order valence-electron chi connectivity index (χ2n) is 8.54. The summed E-state index contributed by atoms with van der Waals surface area (Å²) in [4.78, 5) is 38.8. The van der Waals surface area contributed by atoms with Crippen LogP contribution in [0.15, 0.2) is 78.6 Å². The van der Waals surface area contributed by atoms with Crippen LogP contribution in [0.4, 0.5) is 4.79 Å². The van der Waals surface area contributed by atoms with Gasteiger partial charge in [0.2, 0.25) is 0 Å². The number of halogens is 2.